The number of imidazole rings is 1. The number of amides is 1. The molecule has 1 N–H and O–H groups in total. The van der Waals surface area contributed by atoms with Crippen LogP contribution in [0.4, 0.5) is 5.82 Å². The van der Waals surface area contributed by atoms with Crippen LogP contribution in [0, 0.1) is 5.92 Å². The molecule has 0 bridgehead atoms. The van der Waals surface area contributed by atoms with Crippen molar-refractivity contribution in [1.29, 1.82) is 0 Å². The van der Waals surface area contributed by atoms with Crippen molar-refractivity contribution in [2.75, 3.05) is 25.0 Å². The molecular weight excluding hydrogens is 292 g/mol. The number of hydrogen-bond donors (Lipinski definition) is 1. The van der Waals surface area contributed by atoms with Crippen molar-refractivity contribution in [3.63, 3.8) is 0 Å². The predicted octanol–water partition coefficient (Wildman–Crippen LogP) is 1.03. The van der Waals surface area contributed by atoms with Gasteiger partial charge in [0.2, 0.25) is 0 Å². The Hall–Kier alpha value is -2.44. The molecule has 2 aromatic rings. The van der Waals surface area contributed by atoms with Gasteiger partial charge in [-0.15, -0.1) is 10.2 Å². The molecule has 1 aliphatic rings. The lowest BCUT2D eigenvalue weighted by Crippen LogP contribution is -2.35. The average Bonchev–Trinajstić information content (AvgIpc) is 3.00. The van der Waals surface area contributed by atoms with Gasteiger partial charge in [-0.25, -0.2) is 4.98 Å². The molecule has 122 valence electrons. The fraction of sp³-hybridized carbons (Fsp3) is 0.500. The number of anilines is 1. The van der Waals surface area contributed by atoms with Crippen LogP contribution < -0.4 is 10.2 Å². The van der Waals surface area contributed by atoms with Gasteiger partial charge in [0.15, 0.2) is 11.5 Å². The van der Waals surface area contributed by atoms with E-state index in [0.29, 0.717) is 11.6 Å². The quantitative estimate of drug-likeness (QED) is 0.912. The van der Waals surface area contributed by atoms with Crippen LogP contribution in [0.15, 0.2) is 24.5 Å². The average molecular weight is 314 g/mol. The topological polar surface area (TPSA) is 75.9 Å². The Morgan fingerprint density at radius 3 is 2.65 bits per heavy atom. The third-order valence-corrected chi connectivity index (χ3v) is 4.44. The zero-order chi connectivity index (χ0) is 16.2. The summed E-state index contributed by atoms with van der Waals surface area (Å²) in [7, 11) is 3.63. The number of aryl methyl sites for hydroxylation is 1. The molecule has 1 amide bonds. The Morgan fingerprint density at radius 1 is 1.30 bits per heavy atom. The summed E-state index contributed by atoms with van der Waals surface area (Å²) >= 11 is 0. The van der Waals surface area contributed by atoms with Crippen LogP contribution in [0.3, 0.4) is 0 Å². The van der Waals surface area contributed by atoms with Gasteiger partial charge in [-0.05, 0) is 30.9 Å². The van der Waals surface area contributed by atoms with E-state index in [9.17, 15) is 4.79 Å². The van der Waals surface area contributed by atoms with E-state index in [1.807, 2.05) is 25.5 Å². The van der Waals surface area contributed by atoms with Gasteiger partial charge in [0.1, 0.15) is 5.82 Å². The van der Waals surface area contributed by atoms with Crippen molar-refractivity contribution < 1.29 is 4.79 Å². The van der Waals surface area contributed by atoms with Crippen molar-refractivity contribution in [2.24, 2.45) is 13.0 Å². The molecule has 0 atom stereocenters. The third kappa shape index (κ3) is 3.49. The molecule has 1 fully saturated rings. The monoisotopic (exact) mass is 314 g/mol. The molecule has 0 radical (unpaired) electrons. The Bertz CT molecular complexity index is 657. The molecule has 7 nitrogen and oxygen atoms in total. The summed E-state index contributed by atoms with van der Waals surface area (Å²) in [6, 6.07) is 3.60. The lowest BCUT2D eigenvalue weighted by molar-refractivity contribution is 0.0957. The van der Waals surface area contributed by atoms with Crippen LogP contribution in [-0.4, -0.2) is 45.8 Å². The first-order valence-electron chi connectivity index (χ1n) is 7.94. The molecule has 23 heavy (non-hydrogen) atoms. The highest BCUT2D eigenvalue weighted by atomic mass is 16.1. The molecule has 0 spiro atoms. The van der Waals surface area contributed by atoms with E-state index in [1.165, 1.54) is 0 Å². The molecule has 1 aliphatic heterocycles. The van der Waals surface area contributed by atoms with Gasteiger partial charge >= 0.3 is 0 Å². The van der Waals surface area contributed by atoms with Gasteiger partial charge in [-0.2, -0.15) is 0 Å². The summed E-state index contributed by atoms with van der Waals surface area (Å²) < 4.78 is 2.09. The van der Waals surface area contributed by atoms with Crippen molar-refractivity contribution in [3.05, 3.63) is 36.0 Å². The van der Waals surface area contributed by atoms with Crippen LogP contribution in [0.25, 0.3) is 0 Å². The number of carbonyl (C=O) groups excluding carboxylic acids is 1. The van der Waals surface area contributed by atoms with Crippen molar-refractivity contribution in [2.45, 2.75) is 19.3 Å². The number of piperidine rings is 1. The van der Waals surface area contributed by atoms with E-state index in [1.54, 1.807) is 13.1 Å². The van der Waals surface area contributed by atoms with E-state index in [-0.39, 0.29) is 5.91 Å². The Balaban J connectivity index is 1.56. The van der Waals surface area contributed by atoms with Gasteiger partial charge in [-0.1, -0.05) is 0 Å². The van der Waals surface area contributed by atoms with Crippen LogP contribution >= 0.6 is 0 Å². The summed E-state index contributed by atoms with van der Waals surface area (Å²) in [6.07, 6.45) is 7.11. The predicted molar refractivity (Wildman–Crippen MR) is 87.3 cm³/mol. The minimum atomic E-state index is -0.210. The maximum atomic E-state index is 11.5. The smallest absolute Gasteiger partial charge is 0.271 e. The molecule has 0 unspecified atom stereocenters. The van der Waals surface area contributed by atoms with E-state index < -0.39 is 0 Å². The maximum absolute atomic E-state index is 11.5. The first-order chi connectivity index (χ1) is 11.2. The van der Waals surface area contributed by atoms with Gasteiger partial charge in [0, 0.05) is 46.0 Å². The number of hydrogen-bond acceptors (Lipinski definition) is 5. The summed E-state index contributed by atoms with van der Waals surface area (Å²) in [6.45, 7) is 1.92. The minimum Gasteiger partial charge on any atom is -0.355 e. The second-order valence-electron chi connectivity index (χ2n) is 5.94. The fourth-order valence-corrected chi connectivity index (χ4v) is 2.96. The maximum Gasteiger partial charge on any atom is 0.271 e. The van der Waals surface area contributed by atoms with Gasteiger partial charge < -0.3 is 14.8 Å². The molecule has 0 saturated carbocycles. The third-order valence-electron chi connectivity index (χ3n) is 4.44. The summed E-state index contributed by atoms with van der Waals surface area (Å²) in [5.74, 6) is 2.44. The highest BCUT2D eigenvalue weighted by molar-refractivity contribution is 5.91. The molecule has 3 rings (SSSR count). The molecule has 0 aromatic carbocycles. The Labute approximate surface area is 135 Å². The molecular formula is C16H22N6O. The molecule has 7 heteroatoms. The van der Waals surface area contributed by atoms with Crippen molar-refractivity contribution in [3.8, 4) is 0 Å². The SMILES string of the molecule is CNC(=O)c1ccc(N2CCC(Cc3nccn3C)CC2)nn1. The first kappa shape index (κ1) is 15.5. The van der Waals surface area contributed by atoms with E-state index >= 15 is 0 Å². The van der Waals surface area contributed by atoms with Gasteiger partial charge in [0.25, 0.3) is 5.91 Å². The van der Waals surface area contributed by atoms with Crippen LogP contribution in [0.1, 0.15) is 29.2 Å². The normalized spacial score (nSPS) is 15.7. The first-order valence-corrected chi connectivity index (χ1v) is 7.94. The number of nitrogens with one attached hydrogen (secondary N) is 1. The lowest BCUT2D eigenvalue weighted by atomic mass is 9.93. The molecule has 3 heterocycles. The number of carbonyl (C=O) groups is 1. The van der Waals surface area contributed by atoms with Crippen LogP contribution in [0.2, 0.25) is 0 Å². The van der Waals surface area contributed by atoms with Crippen molar-refractivity contribution in [1.82, 2.24) is 25.1 Å². The van der Waals surface area contributed by atoms with E-state index in [2.05, 4.69) is 30.0 Å². The van der Waals surface area contributed by atoms with Crippen molar-refractivity contribution >= 4 is 11.7 Å². The second kappa shape index (κ2) is 6.76. The summed E-state index contributed by atoms with van der Waals surface area (Å²) in [5, 5.41) is 10.7. The molecule has 1 saturated heterocycles. The summed E-state index contributed by atoms with van der Waals surface area (Å²) in [4.78, 5) is 18.1. The largest absolute Gasteiger partial charge is 0.355 e. The number of nitrogens with zero attached hydrogens (tertiary/aromatic N) is 5. The Kier molecular flexibility index (Phi) is 4.55. The number of rotatable bonds is 4. The fourth-order valence-electron chi connectivity index (χ4n) is 2.96. The van der Waals surface area contributed by atoms with E-state index in [4.69, 9.17) is 0 Å². The van der Waals surface area contributed by atoms with Gasteiger partial charge in [-0.3, -0.25) is 4.79 Å². The highest BCUT2D eigenvalue weighted by Crippen LogP contribution is 2.23. The van der Waals surface area contributed by atoms with Crippen LogP contribution in [-0.2, 0) is 13.5 Å². The van der Waals surface area contributed by atoms with E-state index in [0.717, 1.165) is 44.0 Å². The number of aromatic nitrogens is 4. The Morgan fingerprint density at radius 2 is 2.09 bits per heavy atom. The summed E-state index contributed by atoms with van der Waals surface area (Å²) in [5.41, 5.74) is 0.348. The highest BCUT2D eigenvalue weighted by Gasteiger charge is 2.22. The van der Waals surface area contributed by atoms with Crippen LogP contribution in [0.5, 0.6) is 0 Å². The molecule has 2 aromatic heterocycles. The molecule has 0 aliphatic carbocycles. The lowest BCUT2D eigenvalue weighted by Gasteiger charge is -2.32. The van der Waals surface area contributed by atoms with Gasteiger partial charge in [0.05, 0.1) is 0 Å². The standard InChI is InChI=1S/C16H22N6O/c1-17-16(23)13-3-4-14(20-19-13)22-8-5-12(6-9-22)11-15-18-7-10-21(15)2/h3-4,7,10,12H,5-6,8-9,11H2,1-2H3,(H,17,23). The minimum absolute atomic E-state index is 0.210. The zero-order valence-corrected chi connectivity index (χ0v) is 13.6. The second-order valence-corrected chi connectivity index (χ2v) is 5.94. The zero-order valence-electron chi connectivity index (χ0n) is 13.6.